The number of hydrogen-bond acceptors (Lipinski definition) is 6. The van der Waals surface area contributed by atoms with Gasteiger partial charge in [0.05, 0.1) is 10.3 Å². The van der Waals surface area contributed by atoms with Crippen LogP contribution in [0.15, 0.2) is 9.95 Å². The molecule has 4 N–H and O–H groups in total. The molecule has 2 heterocycles. The number of H-pyrrole nitrogens is 1. The molecule has 0 saturated heterocycles. The molecule has 2 aromatic rings. The summed E-state index contributed by atoms with van der Waals surface area (Å²) < 4.78 is 0. The van der Waals surface area contributed by atoms with Crippen LogP contribution in [0.2, 0.25) is 0 Å². The summed E-state index contributed by atoms with van der Waals surface area (Å²) in [5, 5.41) is 9.35. The van der Waals surface area contributed by atoms with E-state index in [4.69, 9.17) is 10.8 Å². The van der Waals surface area contributed by atoms with Gasteiger partial charge in [0.25, 0.3) is 11.5 Å². The lowest BCUT2D eigenvalue weighted by Gasteiger charge is -2.00. The molecule has 0 bridgehead atoms. The van der Waals surface area contributed by atoms with E-state index < -0.39 is 11.9 Å². The molecule has 0 aliphatic heterocycles. The molecule has 2 rings (SSSR count). The maximum absolute atomic E-state index is 12.0. The van der Waals surface area contributed by atoms with Gasteiger partial charge in [-0.2, -0.15) is 0 Å². The Hall–Kier alpha value is -1.87. The van der Waals surface area contributed by atoms with Gasteiger partial charge in [0.1, 0.15) is 4.83 Å². The van der Waals surface area contributed by atoms with Gasteiger partial charge in [0.2, 0.25) is 0 Å². The van der Waals surface area contributed by atoms with Crippen molar-refractivity contribution in [1.82, 2.24) is 9.97 Å². The number of amides is 1. The molecule has 0 saturated carbocycles. The van der Waals surface area contributed by atoms with Crippen molar-refractivity contribution in [3.05, 3.63) is 20.8 Å². The van der Waals surface area contributed by atoms with Crippen LogP contribution in [0.4, 0.5) is 0 Å². The van der Waals surface area contributed by atoms with E-state index in [1.165, 1.54) is 11.8 Å². The monoisotopic (exact) mass is 327 g/mol. The number of nitrogens with one attached hydrogen (secondary N) is 1. The molecule has 2 aromatic heterocycles. The van der Waals surface area contributed by atoms with E-state index in [9.17, 15) is 14.4 Å². The standard InChI is InChI=1S/C12H13N3O4S2/c1-5-7-10(19)14-12(20-4-2-3-6(16)17)15-11(7)21-8(5)9(13)18/h2-4H2,1H3,(H2,13,18)(H,16,17)(H,14,15,19). The smallest absolute Gasteiger partial charge is 0.303 e. The van der Waals surface area contributed by atoms with E-state index in [2.05, 4.69) is 9.97 Å². The van der Waals surface area contributed by atoms with Crippen LogP contribution in [0.25, 0.3) is 10.2 Å². The molecule has 0 spiro atoms. The minimum absolute atomic E-state index is 0.0728. The van der Waals surface area contributed by atoms with Crippen molar-refractivity contribution in [2.45, 2.75) is 24.9 Å². The van der Waals surface area contributed by atoms with Crippen molar-refractivity contribution in [2.24, 2.45) is 5.73 Å². The Kier molecular flexibility index (Phi) is 4.63. The number of rotatable bonds is 6. The van der Waals surface area contributed by atoms with E-state index in [0.29, 0.717) is 38.0 Å². The molecule has 7 nitrogen and oxygen atoms in total. The normalized spacial score (nSPS) is 10.9. The fourth-order valence-electron chi connectivity index (χ4n) is 1.82. The van der Waals surface area contributed by atoms with Crippen LogP contribution < -0.4 is 11.3 Å². The quantitative estimate of drug-likeness (QED) is 0.417. The van der Waals surface area contributed by atoms with Gasteiger partial charge in [0, 0.05) is 12.2 Å². The first-order valence-corrected chi connectivity index (χ1v) is 7.88. The molecular formula is C12H13N3O4S2. The number of nitrogens with zero attached hydrogens (tertiary/aromatic N) is 1. The maximum atomic E-state index is 12.0. The Bertz CT molecular complexity index is 766. The van der Waals surface area contributed by atoms with Crippen LogP contribution in [0, 0.1) is 6.92 Å². The molecular weight excluding hydrogens is 314 g/mol. The fourth-order valence-corrected chi connectivity index (χ4v) is 3.71. The predicted molar refractivity (Wildman–Crippen MR) is 81.1 cm³/mol. The Balaban J connectivity index is 2.26. The third-order valence-electron chi connectivity index (χ3n) is 2.78. The largest absolute Gasteiger partial charge is 0.481 e. The number of carbonyl (C=O) groups excluding carboxylic acids is 1. The molecule has 0 radical (unpaired) electrons. The van der Waals surface area contributed by atoms with Gasteiger partial charge < -0.3 is 15.8 Å². The summed E-state index contributed by atoms with van der Waals surface area (Å²) in [5.41, 5.74) is 5.49. The number of thioether (sulfide) groups is 1. The van der Waals surface area contributed by atoms with Crippen LogP contribution in [0.3, 0.4) is 0 Å². The Morgan fingerprint density at radius 3 is 2.81 bits per heavy atom. The molecule has 0 aliphatic carbocycles. The zero-order valence-corrected chi connectivity index (χ0v) is 12.8. The molecule has 0 aliphatic rings. The molecule has 0 aromatic carbocycles. The van der Waals surface area contributed by atoms with Crippen LogP contribution >= 0.6 is 23.1 Å². The van der Waals surface area contributed by atoms with Gasteiger partial charge in [-0.1, -0.05) is 11.8 Å². The lowest BCUT2D eigenvalue weighted by molar-refractivity contribution is -0.137. The molecule has 1 amide bonds. The maximum Gasteiger partial charge on any atom is 0.303 e. The minimum atomic E-state index is -0.854. The molecule has 21 heavy (non-hydrogen) atoms. The van der Waals surface area contributed by atoms with Crippen LogP contribution in [0.5, 0.6) is 0 Å². The SMILES string of the molecule is Cc1c(C(N)=O)sc2nc(SCCCC(=O)O)[nH]c(=O)c12. The van der Waals surface area contributed by atoms with Crippen molar-refractivity contribution in [3.8, 4) is 0 Å². The lowest BCUT2D eigenvalue weighted by Crippen LogP contribution is -2.12. The molecule has 0 atom stereocenters. The number of aromatic amines is 1. The Labute approximate surface area is 127 Å². The summed E-state index contributed by atoms with van der Waals surface area (Å²) in [6.45, 7) is 1.66. The minimum Gasteiger partial charge on any atom is -0.481 e. The highest BCUT2D eigenvalue weighted by Gasteiger charge is 2.17. The summed E-state index contributed by atoms with van der Waals surface area (Å²) >= 11 is 2.37. The topological polar surface area (TPSA) is 126 Å². The van der Waals surface area contributed by atoms with Crippen LogP contribution in [0.1, 0.15) is 28.1 Å². The van der Waals surface area contributed by atoms with Crippen molar-refractivity contribution in [2.75, 3.05) is 5.75 Å². The van der Waals surface area contributed by atoms with Gasteiger partial charge in [-0.25, -0.2) is 4.98 Å². The number of aliphatic carboxylic acids is 1. The fraction of sp³-hybridized carbons (Fsp3) is 0.333. The molecule has 9 heteroatoms. The summed E-state index contributed by atoms with van der Waals surface area (Å²) in [6, 6.07) is 0. The Morgan fingerprint density at radius 2 is 2.19 bits per heavy atom. The van der Waals surface area contributed by atoms with E-state index in [1.54, 1.807) is 6.92 Å². The first-order chi connectivity index (χ1) is 9.90. The first kappa shape index (κ1) is 15.5. The number of carbonyl (C=O) groups is 2. The van der Waals surface area contributed by atoms with Gasteiger partial charge >= 0.3 is 5.97 Å². The number of primary amides is 1. The average molecular weight is 327 g/mol. The van der Waals surface area contributed by atoms with Crippen LogP contribution in [-0.2, 0) is 4.79 Å². The van der Waals surface area contributed by atoms with Crippen molar-refractivity contribution >= 4 is 45.2 Å². The van der Waals surface area contributed by atoms with E-state index in [-0.39, 0.29) is 12.0 Å². The third kappa shape index (κ3) is 3.42. The summed E-state index contributed by atoms with van der Waals surface area (Å²) in [5.74, 6) is -0.897. The third-order valence-corrected chi connectivity index (χ3v) is 4.94. The first-order valence-electron chi connectivity index (χ1n) is 6.08. The van der Waals surface area contributed by atoms with Gasteiger partial charge in [-0.3, -0.25) is 14.4 Å². The predicted octanol–water partition coefficient (Wildman–Crippen LogP) is 1.35. The summed E-state index contributed by atoms with van der Waals surface area (Å²) in [6.07, 6.45) is 0.557. The van der Waals surface area contributed by atoms with E-state index in [1.807, 2.05) is 0 Å². The highest BCUT2D eigenvalue weighted by atomic mass is 32.2. The number of fused-ring (bicyclic) bond motifs is 1. The van der Waals surface area contributed by atoms with Crippen LogP contribution in [-0.4, -0.2) is 32.7 Å². The number of carboxylic acid groups (broad SMARTS) is 1. The zero-order valence-electron chi connectivity index (χ0n) is 11.1. The molecule has 0 fully saturated rings. The van der Waals surface area contributed by atoms with E-state index in [0.717, 1.165) is 11.3 Å². The van der Waals surface area contributed by atoms with Crippen molar-refractivity contribution < 1.29 is 14.7 Å². The number of aryl methyl sites for hydroxylation is 1. The second-order valence-corrected chi connectivity index (χ2v) is 6.40. The van der Waals surface area contributed by atoms with Crippen molar-refractivity contribution in [1.29, 1.82) is 0 Å². The van der Waals surface area contributed by atoms with Crippen molar-refractivity contribution in [3.63, 3.8) is 0 Å². The van der Waals surface area contributed by atoms with E-state index >= 15 is 0 Å². The Morgan fingerprint density at radius 1 is 1.48 bits per heavy atom. The second-order valence-electron chi connectivity index (χ2n) is 4.32. The number of hydrogen-bond donors (Lipinski definition) is 3. The molecule has 112 valence electrons. The summed E-state index contributed by atoms with van der Waals surface area (Å²) in [7, 11) is 0. The van der Waals surface area contributed by atoms with Gasteiger partial charge in [-0.15, -0.1) is 11.3 Å². The highest BCUT2D eigenvalue weighted by molar-refractivity contribution is 7.99. The average Bonchev–Trinajstić information content (AvgIpc) is 2.72. The lowest BCUT2D eigenvalue weighted by atomic mass is 10.2. The number of carboxylic acids is 1. The highest BCUT2D eigenvalue weighted by Crippen LogP contribution is 2.27. The summed E-state index contributed by atoms with van der Waals surface area (Å²) in [4.78, 5) is 41.5. The number of aromatic nitrogens is 2. The van der Waals surface area contributed by atoms with Gasteiger partial charge in [0.15, 0.2) is 5.16 Å². The second kappa shape index (κ2) is 6.27. The number of thiophene rings is 1. The molecule has 0 unspecified atom stereocenters. The van der Waals surface area contributed by atoms with Gasteiger partial charge in [-0.05, 0) is 18.9 Å². The number of nitrogens with two attached hydrogens (primary N) is 1. The zero-order chi connectivity index (χ0) is 15.6.